The van der Waals surface area contributed by atoms with Gasteiger partial charge in [-0.1, -0.05) is 24.8 Å². The van der Waals surface area contributed by atoms with Gasteiger partial charge in [-0.05, 0) is 83.6 Å². The Balaban J connectivity index is 1.23. The lowest BCUT2D eigenvalue weighted by atomic mass is 9.93. The van der Waals surface area contributed by atoms with Crippen molar-refractivity contribution in [1.82, 2.24) is 25.3 Å². The molecule has 0 bridgehead atoms. The third-order valence-corrected chi connectivity index (χ3v) is 8.09. The van der Waals surface area contributed by atoms with Crippen molar-refractivity contribution in [3.05, 3.63) is 72.1 Å². The van der Waals surface area contributed by atoms with E-state index < -0.39 is 5.54 Å². The Morgan fingerprint density at radius 2 is 1.90 bits per heavy atom. The van der Waals surface area contributed by atoms with Gasteiger partial charge in [0.1, 0.15) is 0 Å². The summed E-state index contributed by atoms with van der Waals surface area (Å²) in [7, 11) is 2.10. The molecule has 1 aromatic heterocycles. The van der Waals surface area contributed by atoms with Gasteiger partial charge in [0.15, 0.2) is 5.82 Å². The number of nitrogens with zero attached hydrogens (tertiary/aromatic N) is 3. The molecule has 1 aliphatic carbocycles. The molecule has 0 radical (unpaired) electrons. The number of carbonyl (C=O) groups is 3. The second-order valence-electron chi connectivity index (χ2n) is 11.2. The zero-order chi connectivity index (χ0) is 28.4. The molecule has 4 N–H and O–H groups in total. The average Bonchev–Trinajstić information content (AvgIpc) is 3.46. The van der Waals surface area contributed by atoms with Crippen molar-refractivity contribution in [2.45, 2.75) is 45.2 Å². The Bertz CT molecular complexity index is 1380. The topological polar surface area (TPSA) is 122 Å². The molecule has 1 fully saturated rings. The molecular weight excluding hydrogens is 506 g/mol. The first-order valence-corrected chi connectivity index (χ1v) is 13.7. The van der Waals surface area contributed by atoms with Crippen LogP contribution in [0.25, 0.3) is 0 Å². The van der Waals surface area contributed by atoms with E-state index in [0.29, 0.717) is 30.2 Å². The largest absolute Gasteiger partial charge is 0.338 e. The molecule has 10 nitrogen and oxygen atoms in total. The van der Waals surface area contributed by atoms with Gasteiger partial charge in [-0.2, -0.15) is 5.10 Å². The van der Waals surface area contributed by atoms with E-state index in [2.05, 4.69) is 58.5 Å². The fourth-order valence-corrected chi connectivity index (χ4v) is 5.60. The summed E-state index contributed by atoms with van der Waals surface area (Å²) in [6.07, 6.45) is 8.80. The van der Waals surface area contributed by atoms with Crippen LogP contribution in [-0.2, 0) is 26.5 Å². The monoisotopic (exact) mass is 543 g/mol. The number of benzene rings is 1. The fraction of sp³-hybridized carbons (Fsp3) is 0.400. The van der Waals surface area contributed by atoms with Gasteiger partial charge in [0.05, 0.1) is 23.7 Å². The number of amides is 3. The third-order valence-electron chi connectivity index (χ3n) is 8.09. The molecule has 40 heavy (non-hydrogen) atoms. The van der Waals surface area contributed by atoms with Crippen LogP contribution in [0.1, 0.15) is 44.4 Å². The second kappa shape index (κ2) is 11.1. The van der Waals surface area contributed by atoms with E-state index in [0.717, 1.165) is 42.9 Å². The highest BCUT2D eigenvalue weighted by Gasteiger charge is 2.45. The minimum absolute atomic E-state index is 0.0520. The standard InChI is InChI=1S/C30H37N7O3/c1-5-25(38)31-21-11-9-19(10-12-21)28(39)33-23-8-6-7-22(17-23)32-27-24-18-37(30(2,3)26(24)34-35-27)29(40)20-13-15-36(4)16-14-20/h5-9,11-12,17,19-20H,1,10,13-16,18H2,2-4H3,(H,31,38)(H,33,39)(H2,32,34,35). The van der Waals surface area contributed by atoms with Crippen LogP contribution >= 0.6 is 0 Å². The first kappa shape index (κ1) is 27.4. The summed E-state index contributed by atoms with van der Waals surface area (Å²) in [6, 6.07) is 7.47. The summed E-state index contributed by atoms with van der Waals surface area (Å²) >= 11 is 0. The molecule has 0 spiro atoms. The average molecular weight is 544 g/mol. The highest BCUT2D eigenvalue weighted by molar-refractivity contribution is 5.95. The van der Waals surface area contributed by atoms with E-state index in [4.69, 9.17) is 0 Å². The molecule has 210 valence electrons. The van der Waals surface area contributed by atoms with Crippen molar-refractivity contribution in [2.24, 2.45) is 11.8 Å². The molecule has 1 atom stereocenters. The number of carbonyl (C=O) groups excluding carboxylic acids is 3. The highest BCUT2D eigenvalue weighted by Crippen LogP contribution is 2.42. The highest BCUT2D eigenvalue weighted by atomic mass is 16.2. The number of aromatic nitrogens is 2. The van der Waals surface area contributed by atoms with Gasteiger partial charge in [0.25, 0.3) is 0 Å². The minimum Gasteiger partial charge on any atom is -0.338 e. The van der Waals surface area contributed by atoms with Gasteiger partial charge in [-0.15, -0.1) is 0 Å². The number of hydrogen-bond donors (Lipinski definition) is 4. The Kier molecular flexibility index (Phi) is 7.62. The molecule has 0 saturated carbocycles. The molecule has 3 aliphatic rings. The maximum atomic E-state index is 13.5. The van der Waals surface area contributed by atoms with Crippen molar-refractivity contribution in [3.63, 3.8) is 0 Å². The van der Waals surface area contributed by atoms with Crippen LogP contribution in [0.2, 0.25) is 0 Å². The first-order valence-electron chi connectivity index (χ1n) is 13.7. The third kappa shape index (κ3) is 5.58. The predicted molar refractivity (Wildman–Crippen MR) is 154 cm³/mol. The Labute approximate surface area is 234 Å². The van der Waals surface area contributed by atoms with Crippen molar-refractivity contribution < 1.29 is 14.4 Å². The lowest BCUT2D eigenvalue weighted by molar-refractivity contribution is -0.142. The molecular formula is C30H37N7O3. The Hall–Kier alpha value is -4.18. The fourth-order valence-electron chi connectivity index (χ4n) is 5.60. The van der Waals surface area contributed by atoms with Crippen LogP contribution in [0.4, 0.5) is 17.2 Å². The first-order chi connectivity index (χ1) is 19.2. The van der Waals surface area contributed by atoms with E-state index in [1.165, 1.54) is 6.08 Å². The summed E-state index contributed by atoms with van der Waals surface area (Å²) in [5.41, 5.74) is 3.54. The number of hydrogen-bond acceptors (Lipinski definition) is 6. The quantitative estimate of drug-likeness (QED) is 0.395. The molecule has 3 heterocycles. The van der Waals surface area contributed by atoms with Crippen LogP contribution in [0.3, 0.4) is 0 Å². The summed E-state index contributed by atoms with van der Waals surface area (Å²) in [5, 5.41) is 16.8. The number of H-pyrrole nitrogens is 1. The summed E-state index contributed by atoms with van der Waals surface area (Å²) in [4.78, 5) is 42.1. The van der Waals surface area contributed by atoms with Crippen molar-refractivity contribution >= 4 is 34.9 Å². The SMILES string of the molecule is C=CC(=O)NC1=CCC(C(=O)Nc2cccc(Nc3n[nH]c4c3CN(C(=O)C3CCN(C)CC3)C4(C)C)c2)C=C1. The van der Waals surface area contributed by atoms with Gasteiger partial charge in [0, 0.05) is 28.6 Å². The van der Waals surface area contributed by atoms with Gasteiger partial charge in [-0.25, -0.2) is 0 Å². The lowest BCUT2D eigenvalue weighted by Crippen LogP contribution is -2.46. The molecule has 10 heteroatoms. The normalized spacial score (nSPS) is 20.4. The van der Waals surface area contributed by atoms with Crippen molar-refractivity contribution in [3.8, 4) is 0 Å². The number of aromatic amines is 1. The number of anilines is 3. The molecule has 2 aliphatic heterocycles. The van der Waals surface area contributed by atoms with Gasteiger partial charge < -0.3 is 25.8 Å². The zero-order valence-electron chi connectivity index (χ0n) is 23.3. The predicted octanol–water partition coefficient (Wildman–Crippen LogP) is 3.77. The second-order valence-corrected chi connectivity index (χ2v) is 11.2. The number of likely N-dealkylation sites (tertiary alicyclic amines) is 1. The Morgan fingerprint density at radius 3 is 2.60 bits per heavy atom. The molecule has 1 saturated heterocycles. The van der Waals surface area contributed by atoms with E-state index in [1.54, 1.807) is 12.2 Å². The lowest BCUT2D eigenvalue weighted by Gasteiger charge is -2.37. The summed E-state index contributed by atoms with van der Waals surface area (Å²) < 4.78 is 0. The smallest absolute Gasteiger partial charge is 0.247 e. The van der Waals surface area contributed by atoms with E-state index in [9.17, 15) is 14.4 Å². The van der Waals surface area contributed by atoms with Crippen LogP contribution in [-0.4, -0.2) is 57.9 Å². The molecule has 1 unspecified atom stereocenters. The molecule has 2 aromatic rings. The molecule has 5 rings (SSSR count). The maximum absolute atomic E-state index is 13.5. The van der Waals surface area contributed by atoms with E-state index in [-0.39, 0.29) is 29.6 Å². The van der Waals surface area contributed by atoms with E-state index >= 15 is 0 Å². The number of rotatable bonds is 7. The summed E-state index contributed by atoms with van der Waals surface area (Å²) in [6.45, 7) is 9.96. The Morgan fingerprint density at radius 1 is 1.15 bits per heavy atom. The summed E-state index contributed by atoms with van der Waals surface area (Å²) in [5.74, 6) is 0.178. The van der Waals surface area contributed by atoms with Crippen LogP contribution in [0, 0.1) is 11.8 Å². The van der Waals surface area contributed by atoms with E-state index in [1.807, 2.05) is 35.2 Å². The molecule has 3 amide bonds. The maximum Gasteiger partial charge on any atom is 0.247 e. The minimum atomic E-state index is -0.477. The van der Waals surface area contributed by atoms with Gasteiger partial charge in [0.2, 0.25) is 17.7 Å². The van der Waals surface area contributed by atoms with Crippen LogP contribution < -0.4 is 16.0 Å². The van der Waals surface area contributed by atoms with Gasteiger partial charge in [-0.3, -0.25) is 19.5 Å². The molecule has 1 aromatic carbocycles. The number of nitrogens with one attached hydrogen (secondary N) is 4. The number of piperidine rings is 1. The van der Waals surface area contributed by atoms with Crippen LogP contribution in [0.5, 0.6) is 0 Å². The zero-order valence-corrected chi connectivity index (χ0v) is 23.3. The van der Waals surface area contributed by atoms with Crippen LogP contribution in [0.15, 0.2) is 60.8 Å². The number of allylic oxidation sites excluding steroid dienone is 2. The number of fused-ring (bicyclic) bond motifs is 1. The van der Waals surface area contributed by atoms with Gasteiger partial charge >= 0.3 is 0 Å². The van der Waals surface area contributed by atoms with Crippen molar-refractivity contribution in [2.75, 3.05) is 30.8 Å². The van der Waals surface area contributed by atoms with Crippen molar-refractivity contribution in [1.29, 1.82) is 0 Å².